The fourth-order valence-electron chi connectivity index (χ4n) is 5.65. The number of aryl methyl sites for hydroxylation is 1. The van der Waals surface area contributed by atoms with E-state index in [1.54, 1.807) is 25.4 Å². The molecule has 5 rings (SSSR count). The monoisotopic (exact) mass is 463 g/mol. The van der Waals surface area contributed by atoms with Gasteiger partial charge in [-0.05, 0) is 75.4 Å². The van der Waals surface area contributed by atoms with Crippen molar-refractivity contribution in [2.24, 2.45) is 7.05 Å². The van der Waals surface area contributed by atoms with E-state index in [0.717, 1.165) is 18.7 Å². The van der Waals surface area contributed by atoms with Crippen LogP contribution < -0.4 is 15.8 Å². The van der Waals surface area contributed by atoms with Crippen molar-refractivity contribution in [3.05, 3.63) is 58.8 Å². The van der Waals surface area contributed by atoms with Crippen LogP contribution >= 0.6 is 0 Å². The molecular weight excluding hydrogens is 433 g/mol. The minimum absolute atomic E-state index is 0.122. The van der Waals surface area contributed by atoms with Gasteiger partial charge in [0, 0.05) is 54.6 Å². The quantitative estimate of drug-likeness (QED) is 0.612. The lowest BCUT2D eigenvalue weighted by Crippen LogP contribution is -2.58. The maximum Gasteiger partial charge on any atom is 0.250 e. The smallest absolute Gasteiger partial charge is 0.250 e. The molecular formula is C26H30FN5O2. The predicted octanol–water partition coefficient (Wildman–Crippen LogP) is 3.85. The van der Waals surface area contributed by atoms with Crippen LogP contribution in [0.4, 0.5) is 10.2 Å². The second-order valence-electron chi connectivity index (χ2n) is 10.4. The number of anilines is 1. The third-order valence-electron chi connectivity index (χ3n) is 7.54. The van der Waals surface area contributed by atoms with Crippen LogP contribution in [0.1, 0.15) is 39.5 Å². The van der Waals surface area contributed by atoms with Gasteiger partial charge in [0.25, 0.3) is 5.56 Å². The summed E-state index contributed by atoms with van der Waals surface area (Å²) in [5.41, 5.74) is 1.24. The van der Waals surface area contributed by atoms with Gasteiger partial charge < -0.3 is 19.9 Å². The minimum atomic E-state index is -0.546. The van der Waals surface area contributed by atoms with E-state index < -0.39 is 5.82 Å². The van der Waals surface area contributed by atoms with Crippen LogP contribution in [-0.2, 0) is 7.05 Å². The molecule has 7 nitrogen and oxygen atoms in total. The first kappa shape index (κ1) is 22.5. The largest absolute Gasteiger partial charge is 0.507 e. The topological polar surface area (TPSA) is 83.3 Å². The van der Waals surface area contributed by atoms with Crippen molar-refractivity contribution in [2.45, 2.75) is 56.7 Å². The van der Waals surface area contributed by atoms with Crippen molar-refractivity contribution >= 4 is 5.82 Å². The maximum atomic E-state index is 15.0. The molecule has 2 saturated heterocycles. The molecule has 2 aliphatic heterocycles. The number of nitrogens with one attached hydrogen (secondary N) is 1. The van der Waals surface area contributed by atoms with Crippen LogP contribution in [0.3, 0.4) is 0 Å². The Morgan fingerprint density at radius 1 is 1.09 bits per heavy atom. The average molecular weight is 464 g/mol. The zero-order valence-corrected chi connectivity index (χ0v) is 20.0. The lowest BCUT2D eigenvalue weighted by atomic mass is 9.84. The van der Waals surface area contributed by atoms with Gasteiger partial charge in [-0.15, -0.1) is 10.2 Å². The highest BCUT2D eigenvalue weighted by molar-refractivity contribution is 5.74. The standard InChI is InChI=1S/C26H30FN5O2/c1-25-8-9-26(2,30-25)15-17(14-25)32(4)23-6-5-21(28-29-23)19-12-20(27)18(13-22(19)33)16-7-10-31(3)24(34)11-16/h5-7,10-13,17,30,33H,8-9,14-15H2,1-4H3/t17-,25+,26-. The molecule has 2 N–H and O–H groups in total. The highest BCUT2D eigenvalue weighted by Crippen LogP contribution is 2.44. The Kier molecular flexibility index (Phi) is 5.24. The van der Waals surface area contributed by atoms with Crippen molar-refractivity contribution in [1.82, 2.24) is 20.1 Å². The highest BCUT2D eigenvalue weighted by atomic mass is 19.1. The Hall–Kier alpha value is -3.26. The third kappa shape index (κ3) is 3.96. The number of phenolic OH excluding ortho intramolecular Hbond substituents is 1. The van der Waals surface area contributed by atoms with E-state index in [1.807, 2.05) is 13.1 Å². The summed E-state index contributed by atoms with van der Waals surface area (Å²) in [5.74, 6) is 0.0814. The number of piperidine rings is 1. The number of aromatic nitrogens is 3. The van der Waals surface area contributed by atoms with Gasteiger partial charge in [-0.3, -0.25) is 4.79 Å². The number of benzene rings is 1. The van der Waals surface area contributed by atoms with Crippen molar-refractivity contribution in [3.8, 4) is 28.1 Å². The summed E-state index contributed by atoms with van der Waals surface area (Å²) in [4.78, 5) is 14.1. The molecule has 0 saturated carbocycles. The molecule has 2 aromatic heterocycles. The number of nitrogens with zero attached hydrogens (tertiary/aromatic N) is 4. The van der Waals surface area contributed by atoms with Gasteiger partial charge in [-0.2, -0.15) is 0 Å². The molecule has 0 amide bonds. The van der Waals surface area contributed by atoms with Gasteiger partial charge in [-0.1, -0.05) is 0 Å². The SMILES string of the molecule is CN(c1ccc(-c2cc(F)c(-c3ccn(C)c(=O)c3)cc2O)nn1)[C@@H]1C[C@]2(C)CC[C@](C)(C1)N2. The van der Waals surface area contributed by atoms with Gasteiger partial charge in [0.15, 0.2) is 5.82 Å². The van der Waals surface area contributed by atoms with E-state index in [4.69, 9.17) is 0 Å². The number of pyridine rings is 1. The summed E-state index contributed by atoms with van der Waals surface area (Å²) < 4.78 is 16.4. The van der Waals surface area contributed by atoms with Crippen molar-refractivity contribution in [2.75, 3.05) is 11.9 Å². The highest BCUT2D eigenvalue weighted by Gasteiger charge is 2.49. The van der Waals surface area contributed by atoms with Gasteiger partial charge in [-0.25, -0.2) is 4.39 Å². The number of fused-ring (bicyclic) bond motifs is 2. The Balaban J connectivity index is 1.40. The van der Waals surface area contributed by atoms with Crippen LogP contribution in [0.15, 0.2) is 47.4 Å². The molecule has 178 valence electrons. The first-order chi connectivity index (χ1) is 16.1. The van der Waals surface area contributed by atoms with Crippen LogP contribution in [0.2, 0.25) is 0 Å². The number of hydrogen-bond acceptors (Lipinski definition) is 6. The van der Waals surface area contributed by atoms with Crippen LogP contribution in [0.5, 0.6) is 5.75 Å². The molecule has 34 heavy (non-hydrogen) atoms. The molecule has 1 aromatic carbocycles. The number of halogens is 1. The van der Waals surface area contributed by atoms with E-state index in [0.29, 0.717) is 17.3 Å². The molecule has 0 spiro atoms. The number of phenols is 1. The molecule has 3 atom stereocenters. The first-order valence-corrected chi connectivity index (χ1v) is 11.6. The molecule has 0 unspecified atom stereocenters. The first-order valence-electron chi connectivity index (χ1n) is 11.6. The fraction of sp³-hybridized carbons (Fsp3) is 0.423. The number of hydrogen-bond donors (Lipinski definition) is 2. The summed E-state index contributed by atoms with van der Waals surface area (Å²) in [7, 11) is 3.67. The zero-order valence-electron chi connectivity index (χ0n) is 20.0. The molecule has 8 heteroatoms. The average Bonchev–Trinajstić information content (AvgIpc) is 3.03. The molecule has 3 aromatic rings. The number of rotatable bonds is 4. The van der Waals surface area contributed by atoms with Crippen LogP contribution in [0.25, 0.3) is 22.4 Å². The lowest BCUT2D eigenvalue weighted by Gasteiger charge is -2.45. The Bertz CT molecular complexity index is 1290. The van der Waals surface area contributed by atoms with E-state index >= 15 is 0 Å². The summed E-state index contributed by atoms with van der Waals surface area (Å²) in [6.45, 7) is 4.59. The Labute approximate surface area is 198 Å². The van der Waals surface area contributed by atoms with E-state index in [9.17, 15) is 14.3 Å². The lowest BCUT2D eigenvalue weighted by molar-refractivity contribution is 0.207. The van der Waals surface area contributed by atoms with E-state index in [2.05, 4.69) is 34.3 Å². The summed E-state index contributed by atoms with van der Waals surface area (Å²) in [5, 5.41) is 23.1. The fourth-order valence-corrected chi connectivity index (χ4v) is 5.65. The Morgan fingerprint density at radius 2 is 1.79 bits per heavy atom. The second-order valence-corrected chi connectivity index (χ2v) is 10.4. The summed E-state index contributed by atoms with van der Waals surface area (Å²) >= 11 is 0. The Morgan fingerprint density at radius 3 is 2.41 bits per heavy atom. The van der Waals surface area contributed by atoms with E-state index in [-0.39, 0.29) is 33.5 Å². The summed E-state index contributed by atoms with van der Waals surface area (Å²) in [6.07, 6.45) is 6.00. The molecule has 2 fully saturated rings. The van der Waals surface area contributed by atoms with Crippen molar-refractivity contribution in [3.63, 3.8) is 0 Å². The van der Waals surface area contributed by atoms with Gasteiger partial charge in [0.2, 0.25) is 0 Å². The van der Waals surface area contributed by atoms with Crippen molar-refractivity contribution in [1.29, 1.82) is 0 Å². The van der Waals surface area contributed by atoms with Crippen LogP contribution in [-0.4, -0.2) is 44.0 Å². The summed E-state index contributed by atoms with van der Waals surface area (Å²) in [6, 6.07) is 9.51. The minimum Gasteiger partial charge on any atom is -0.507 e. The zero-order chi connectivity index (χ0) is 24.3. The van der Waals surface area contributed by atoms with E-state index in [1.165, 1.54) is 35.6 Å². The second kappa shape index (κ2) is 7.91. The van der Waals surface area contributed by atoms with Gasteiger partial charge >= 0.3 is 0 Å². The predicted molar refractivity (Wildman–Crippen MR) is 130 cm³/mol. The molecule has 4 heterocycles. The molecule has 0 aliphatic carbocycles. The molecule has 2 aliphatic rings. The third-order valence-corrected chi connectivity index (χ3v) is 7.54. The normalized spacial score (nSPS) is 26.0. The van der Waals surface area contributed by atoms with Gasteiger partial charge in [0.1, 0.15) is 11.6 Å². The van der Waals surface area contributed by atoms with Crippen molar-refractivity contribution < 1.29 is 9.50 Å². The maximum absolute atomic E-state index is 15.0. The number of aromatic hydroxyl groups is 1. The van der Waals surface area contributed by atoms with Gasteiger partial charge in [0.05, 0.1) is 5.69 Å². The molecule has 0 radical (unpaired) electrons. The molecule has 2 bridgehead atoms. The van der Waals surface area contributed by atoms with Crippen LogP contribution in [0, 0.1) is 5.82 Å².